The minimum atomic E-state index is -0.448. The largest absolute Gasteiger partial charge is 0.491 e. The number of rotatable bonds is 12. The number of aliphatic hydroxyl groups excluding tert-OH is 1. The standard InChI is InChI=1S/C27H38N2O3S/c1-5-7-8-22(30)17-28(13-6-2)18-27(31)29-14-11-26-23(12-15-33-26)24(29)19-32-25-10-9-20(3)16-21(25)4/h5,9-10,12,15-16,22,24,30H,1,6-8,11,13-14,17-19H2,2-4H3/t22-,24-/m0/s1. The maximum Gasteiger partial charge on any atom is 0.237 e. The molecule has 0 radical (unpaired) electrons. The Kier molecular flexibility index (Phi) is 9.53. The number of hydrogen-bond donors (Lipinski definition) is 1. The van der Waals surface area contributed by atoms with Gasteiger partial charge in [-0.15, -0.1) is 17.9 Å². The van der Waals surface area contributed by atoms with E-state index in [1.807, 2.05) is 17.0 Å². The Hall–Kier alpha value is -2.15. The number of fused-ring (bicyclic) bond motifs is 1. The number of hydrogen-bond acceptors (Lipinski definition) is 5. The maximum atomic E-state index is 13.5. The van der Waals surface area contributed by atoms with E-state index in [4.69, 9.17) is 4.74 Å². The summed E-state index contributed by atoms with van der Waals surface area (Å²) >= 11 is 1.76. The Balaban J connectivity index is 1.71. The molecule has 33 heavy (non-hydrogen) atoms. The van der Waals surface area contributed by atoms with Crippen molar-refractivity contribution in [3.05, 3.63) is 63.9 Å². The van der Waals surface area contributed by atoms with Crippen LogP contribution in [-0.2, 0) is 11.2 Å². The van der Waals surface area contributed by atoms with Crippen molar-refractivity contribution in [3.8, 4) is 5.75 Å². The van der Waals surface area contributed by atoms with Gasteiger partial charge in [-0.25, -0.2) is 0 Å². The van der Waals surface area contributed by atoms with Crippen molar-refractivity contribution in [3.63, 3.8) is 0 Å². The molecule has 0 spiro atoms. The van der Waals surface area contributed by atoms with Crippen LogP contribution in [0.2, 0.25) is 0 Å². The zero-order valence-corrected chi connectivity index (χ0v) is 21.1. The molecule has 0 aliphatic carbocycles. The minimum absolute atomic E-state index is 0.0950. The van der Waals surface area contributed by atoms with E-state index in [1.165, 1.54) is 16.0 Å². The summed E-state index contributed by atoms with van der Waals surface area (Å²) in [6, 6.07) is 8.24. The van der Waals surface area contributed by atoms with Crippen molar-refractivity contribution >= 4 is 17.2 Å². The Labute approximate surface area is 202 Å². The number of thiophene rings is 1. The molecular weight excluding hydrogens is 432 g/mol. The number of carbonyl (C=O) groups is 1. The first kappa shape index (κ1) is 25.5. The summed E-state index contributed by atoms with van der Waals surface area (Å²) in [5, 5.41) is 12.5. The lowest BCUT2D eigenvalue weighted by Crippen LogP contribution is -2.48. The summed E-state index contributed by atoms with van der Waals surface area (Å²) in [5.74, 6) is 0.971. The molecule has 1 aliphatic rings. The molecular formula is C27H38N2O3S. The summed E-state index contributed by atoms with van der Waals surface area (Å²) < 4.78 is 6.25. The van der Waals surface area contributed by atoms with E-state index in [-0.39, 0.29) is 11.9 Å². The van der Waals surface area contributed by atoms with Gasteiger partial charge in [-0.05, 0) is 74.7 Å². The number of benzene rings is 1. The van der Waals surface area contributed by atoms with E-state index in [0.717, 1.165) is 37.1 Å². The Morgan fingerprint density at radius 1 is 1.39 bits per heavy atom. The quantitative estimate of drug-likeness (QED) is 0.448. The molecule has 2 atom stereocenters. The summed E-state index contributed by atoms with van der Waals surface area (Å²) in [6.07, 6.45) is 4.65. The van der Waals surface area contributed by atoms with Gasteiger partial charge in [0.1, 0.15) is 12.4 Å². The van der Waals surface area contributed by atoms with Crippen LogP contribution in [0, 0.1) is 13.8 Å². The van der Waals surface area contributed by atoms with Crippen LogP contribution in [-0.4, -0.2) is 59.7 Å². The molecule has 3 rings (SSSR count). The van der Waals surface area contributed by atoms with Gasteiger partial charge in [-0.2, -0.15) is 0 Å². The smallest absolute Gasteiger partial charge is 0.237 e. The van der Waals surface area contributed by atoms with Crippen LogP contribution in [0.15, 0.2) is 42.3 Å². The highest BCUT2D eigenvalue weighted by molar-refractivity contribution is 7.10. The molecule has 1 aliphatic heterocycles. The maximum absolute atomic E-state index is 13.5. The second-order valence-electron chi connectivity index (χ2n) is 8.99. The van der Waals surface area contributed by atoms with Crippen LogP contribution in [0.4, 0.5) is 0 Å². The summed E-state index contributed by atoms with van der Waals surface area (Å²) in [4.78, 5) is 18.9. The third-order valence-corrected chi connectivity index (χ3v) is 7.21. The fraction of sp³-hybridized carbons (Fsp3) is 0.519. The number of amides is 1. The predicted molar refractivity (Wildman–Crippen MR) is 136 cm³/mol. The first-order valence-electron chi connectivity index (χ1n) is 12.0. The average Bonchev–Trinajstić information content (AvgIpc) is 3.26. The van der Waals surface area contributed by atoms with Crippen LogP contribution in [0.3, 0.4) is 0 Å². The zero-order chi connectivity index (χ0) is 23.8. The highest BCUT2D eigenvalue weighted by Gasteiger charge is 2.33. The Morgan fingerprint density at radius 3 is 2.94 bits per heavy atom. The molecule has 0 unspecified atom stereocenters. The molecule has 180 valence electrons. The van der Waals surface area contributed by atoms with Gasteiger partial charge < -0.3 is 14.7 Å². The first-order valence-corrected chi connectivity index (χ1v) is 12.9. The monoisotopic (exact) mass is 470 g/mol. The third-order valence-electron chi connectivity index (χ3n) is 6.21. The molecule has 0 saturated carbocycles. The van der Waals surface area contributed by atoms with E-state index in [0.29, 0.717) is 32.7 Å². The van der Waals surface area contributed by atoms with Crippen molar-refractivity contribution in [1.29, 1.82) is 0 Å². The van der Waals surface area contributed by atoms with E-state index < -0.39 is 6.10 Å². The molecule has 2 heterocycles. The summed E-state index contributed by atoms with van der Waals surface area (Å²) in [5.41, 5.74) is 3.52. The highest BCUT2D eigenvalue weighted by Crippen LogP contribution is 2.34. The van der Waals surface area contributed by atoms with Gasteiger partial charge in [0.2, 0.25) is 5.91 Å². The second-order valence-corrected chi connectivity index (χ2v) is 9.99. The van der Waals surface area contributed by atoms with E-state index in [2.05, 4.69) is 55.8 Å². The van der Waals surface area contributed by atoms with Crippen LogP contribution < -0.4 is 4.74 Å². The highest BCUT2D eigenvalue weighted by atomic mass is 32.1. The lowest BCUT2D eigenvalue weighted by molar-refractivity contribution is -0.136. The Bertz CT molecular complexity index is 926. The normalized spacial score (nSPS) is 16.5. The number of aryl methyl sites for hydroxylation is 2. The number of carbonyl (C=O) groups excluding carboxylic acids is 1. The van der Waals surface area contributed by atoms with Gasteiger partial charge in [0.25, 0.3) is 0 Å². The van der Waals surface area contributed by atoms with E-state index >= 15 is 0 Å². The second kappa shape index (κ2) is 12.4. The Morgan fingerprint density at radius 2 is 2.21 bits per heavy atom. The van der Waals surface area contributed by atoms with Crippen LogP contribution in [0.25, 0.3) is 0 Å². The number of allylic oxidation sites excluding steroid dienone is 1. The molecule has 0 bridgehead atoms. The van der Waals surface area contributed by atoms with Crippen molar-refractivity contribution in [2.45, 2.75) is 58.6 Å². The fourth-order valence-electron chi connectivity index (χ4n) is 4.54. The lowest BCUT2D eigenvalue weighted by atomic mass is 10.00. The molecule has 6 heteroatoms. The number of nitrogens with zero attached hydrogens (tertiary/aromatic N) is 2. The summed E-state index contributed by atoms with van der Waals surface area (Å²) in [6.45, 7) is 12.7. The van der Waals surface area contributed by atoms with Crippen LogP contribution in [0.1, 0.15) is 53.8 Å². The molecule has 1 aromatic heterocycles. The summed E-state index contributed by atoms with van der Waals surface area (Å²) in [7, 11) is 0. The molecule has 0 saturated heterocycles. The van der Waals surface area contributed by atoms with Crippen molar-refractivity contribution in [1.82, 2.24) is 9.80 Å². The topological polar surface area (TPSA) is 53.0 Å². The van der Waals surface area contributed by atoms with Gasteiger partial charge in [0, 0.05) is 18.0 Å². The average molecular weight is 471 g/mol. The minimum Gasteiger partial charge on any atom is -0.491 e. The lowest BCUT2D eigenvalue weighted by Gasteiger charge is -2.37. The van der Waals surface area contributed by atoms with Crippen LogP contribution in [0.5, 0.6) is 5.75 Å². The molecule has 5 nitrogen and oxygen atoms in total. The number of aliphatic hydroxyl groups is 1. The van der Waals surface area contributed by atoms with E-state index in [9.17, 15) is 9.90 Å². The van der Waals surface area contributed by atoms with Crippen molar-refractivity contribution < 1.29 is 14.6 Å². The molecule has 1 N–H and O–H groups in total. The fourth-order valence-corrected chi connectivity index (χ4v) is 5.47. The van der Waals surface area contributed by atoms with Gasteiger partial charge in [-0.1, -0.05) is 30.7 Å². The molecule has 1 amide bonds. The number of ether oxygens (including phenoxy) is 1. The van der Waals surface area contributed by atoms with Gasteiger partial charge in [0.15, 0.2) is 0 Å². The predicted octanol–water partition coefficient (Wildman–Crippen LogP) is 4.91. The first-order chi connectivity index (χ1) is 15.9. The van der Waals surface area contributed by atoms with Gasteiger partial charge in [-0.3, -0.25) is 9.69 Å². The van der Waals surface area contributed by atoms with Crippen LogP contribution >= 0.6 is 11.3 Å². The van der Waals surface area contributed by atoms with E-state index in [1.54, 1.807) is 11.3 Å². The van der Waals surface area contributed by atoms with Gasteiger partial charge >= 0.3 is 0 Å². The zero-order valence-electron chi connectivity index (χ0n) is 20.3. The molecule has 0 fully saturated rings. The SMILES string of the molecule is C=CCC[C@H](O)CN(CCC)CC(=O)N1CCc2sccc2[C@@H]1COc1ccc(C)cc1C. The molecule has 2 aromatic rings. The molecule has 1 aromatic carbocycles. The van der Waals surface area contributed by atoms with Gasteiger partial charge in [0.05, 0.1) is 18.7 Å². The van der Waals surface area contributed by atoms with Crippen molar-refractivity contribution in [2.24, 2.45) is 0 Å². The third kappa shape index (κ3) is 6.92. The van der Waals surface area contributed by atoms with Crippen molar-refractivity contribution in [2.75, 3.05) is 32.8 Å².